The van der Waals surface area contributed by atoms with E-state index in [1.165, 1.54) is 0 Å². The van der Waals surface area contributed by atoms with Gasteiger partial charge in [-0.1, -0.05) is 13.8 Å². The molecule has 1 N–H and O–H groups in total. The number of amides is 1. The molecular formula is C10H20N2O. The van der Waals surface area contributed by atoms with Crippen LogP contribution in [0.4, 0.5) is 0 Å². The summed E-state index contributed by atoms with van der Waals surface area (Å²) in [5.74, 6) is 0.288. The highest BCUT2D eigenvalue weighted by molar-refractivity contribution is 5.84. The largest absolute Gasteiger partial charge is 0.338 e. The van der Waals surface area contributed by atoms with Crippen molar-refractivity contribution in [2.24, 2.45) is 0 Å². The summed E-state index contributed by atoms with van der Waals surface area (Å²) in [4.78, 5) is 13.8. The molecule has 1 fully saturated rings. The molecular weight excluding hydrogens is 164 g/mol. The third kappa shape index (κ3) is 2.02. The van der Waals surface area contributed by atoms with Crippen molar-refractivity contribution < 1.29 is 4.79 Å². The molecule has 13 heavy (non-hydrogen) atoms. The number of carbonyl (C=O) groups excluding carboxylic acids is 1. The number of carbonyl (C=O) groups is 1. The maximum Gasteiger partial charge on any atom is 0.240 e. The van der Waals surface area contributed by atoms with Crippen LogP contribution < -0.4 is 5.32 Å². The maximum atomic E-state index is 11.8. The lowest BCUT2D eigenvalue weighted by molar-refractivity contribution is -0.131. The fraction of sp³-hybridized carbons (Fsp3) is 0.900. The number of nitrogens with one attached hydrogen (secondary N) is 1. The first kappa shape index (κ1) is 10.5. The fourth-order valence-corrected chi connectivity index (χ4v) is 2.06. The Labute approximate surface area is 80.5 Å². The molecule has 3 heteroatoms. The highest BCUT2D eigenvalue weighted by Crippen LogP contribution is 2.18. The van der Waals surface area contributed by atoms with E-state index < -0.39 is 0 Å². The Bertz CT molecular complexity index is 178. The van der Waals surface area contributed by atoms with Crippen molar-refractivity contribution in [2.45, 2.75) is 45.2 Å². The van der Waals surface area contributed by atoms with Gasteiger partial charge >= 0.3 is 0 Å². The summed E-state index contributed by atoms with van der Waals surface area (Å²) >= 11 is 0. The molecule has 1 rings (SSSR count). The van der Waals surface area contributed by atoms with Crippen LogP contribution in [0.5, 0.6) is 0 Å². The predicted octanol–water partition coefficient (Wildman–Crippen LogP) is 0.995. The second-order valence-corrected chi connectivity index (χ2v) is 3.63. The molecule has 0 radical (unpaired) electrons. The second kappa shape index (κ2) is 4.61. The highest BCUT2D eigenvalue weighted by atomic mass is 16.2. The van der Waals surface area contributed by atoms with Crippen LogP contribution in [-0.4, -0.2) is 36.5 Å². The molecule has 1 aliphatic heterocycles. The molecule has 1 amide bonds. The third-order valence-electron chi connectivity index (χ3n) is 2.97. The minimum atomic E-state index is 0.0700. The van der Waals surface area contributed by atoms with Crippen LogP contribution in [0.3, 0.4) is 0 Å². The van der Waals surface area contributed by atoms with Crippen molar-refractivity contribution in [1.29, 1.82) is 0 Å². The van der Waals surface area contributed by atoms with Gasteiger partial charge in [0.05, 0.1) is 6.04 Å². The standard InChI is InChI=1S/C10H20N2O/c1-4-8(5-2)12-7-6-9(11-3)10(12)13/h8-9,11H,4-7H2,1-3H3. The van der Waals surface area contributed by atoms with Gasteiger partial charge in [-0.15, -0.1) is 0 Å². The van der Waals surface area contributed by atoms with Crippen molar-refractivity contribution in [3.8, 4) is 0 Å². The van der Waals surface area contributed by atoms with Gasteiger partial charge in [-0.25, -0.2) is 0 Å². The zero-order valence-electron chi connectivity index (χ0n) is 8.84. The summed E-state index contributed by atoms with van der Waals surface area (Å²) in [5.41, 5.74) is 0. The molecule has 3 nitrogen and oxygen atoms in total. The van der Waals surface area contributed by atoms with Gasteiger partial charge in [-0.2, -0.15) is 0 Å². The van der Waals surface area contributed by atoms with Crippen molar-refractivity contribution in [3.63, 3.8) is 0 Å². The van der Waals surface area contributed by atoms with E-state index in [-0.39, 0.29) is 11.9 Å². The summed E-state index contributed by atoms with van der Waals surface area (Å²) in [5, 5.41) is 3.06. The Morgan fingerprint density at radius 1 is 1.54 bits per heavy atom. The molecule has 1 unspecified atom stereocenters. The van der Waals surface area contributed by atoms with E-state index in [4.69, 9.17) is 0 Å². The molecule has 0 aliphatic carbocycles. The van der Waals surface area contributed by atoms with Crippen LogP contribution >= 0.6 is 0 Å². The molecule has 1 aliphatic rings. The van der Waals surface area contributed by atoms with Crippen LogP contribution in [0.2, 0.25) is 0 Å². The topological polar surface area (TPSA) is 32.3 Å². The van der Waals surface area contributed by atoms with E-state index in [9.17, 15) is 4.79 Å². The molecule has 0 aromatic rings. The SMILES string of the molecule is CCC(CC)N1CCC(NC)C1=O. The van der Waals surface area contributed by atoms with Crippen molar-refractivity contribution in [1.82, 2.24) is 10.2 Å². The number of likely N-dealkylation sites (tertiary alicyclic amines) is 1. The summed E-state index contributed by atoms with van der Waals surface area (Å²) in [6.45, 7) is 5.22. The lowest BCUT2D eigenvalue weighted by Crippen LogP contribution is -2.41. The maximum absolute atomic E-state index is 11.8. The van der Waals surface area contributed by atoms with Crippen molar-refractivity contribution >= 4 is 5.91 Å². The molecule has 0 saturated carbocycles. The summed E-state index contributed by atoms with van der Waals surface area (Å²) < 4.78 is 0. The first-order valence-corrected chi connectivity index (χ1v) is 5.22. The lowest BCUT2D eigenvalue weighted by atomic mass is 10.1. The van der Waals surface area contributed by atoms with Gasteiger partial charge in [0.25, 0.3) is 0 Å². The number of rotatable bonds is 4. The van der Waals surface area contributed by atoms with E-state index in [1.54, 1.807) is 0 Å². The van der Waals surface area contributed by atoms with Crippen LogP contribution in [0.15, 0.2) is 0 Å². The summed E-state index contributed by atoms with van der Waals surface area (Å²) in [6, 6.07) is 0.520. The predicted molar refractivity (Wildman–Crippen MR) is 53.5 cm³/mol. The number of nitrogens with zero attached hydrogens (tertiary/aromatic N) is 1. The lowest BCUT2D eigenvalue weighted by Gasteiger charge is -2.26. The van der Waals surface area contributed by atoms with E-state index in [1.807, 2.05) is 11.9 Å². The Morgan fingerprint density at radius 2 is 2.15 bits per heavy atom. The van der Waals surface area contributed by atoms with Gasteiger partial charge in [0.2, 0.25) is 5.91 Å². The van der Waals surface area contributed by atoms with Crippen molar-refractivity contribution in [3.05, 3.63) is 0 Å². The van der Waals surface area contributed by atoms with E-state index in [0.29, 0.717) is 6.04 Å². The Hall–Kier alpha value is -0.570. The molecule has 1 saturated heterocycles. The van der Waals surface area contributed by atoms with Crippen LogP contribution in [0.25, 0.3) is 0 Å². The first-order chi connectivity index (χ1) is 6.24. The summed E-state index contributed by atoms with van der Waals surface area (Å²) in [6.07, 6.45) is 3.10. The van der Waals surface area contributed by atoms with Crippen LogP contribution in [-0.2, 0) is 4.79 Å². The monoisotopic (exact) mass is 184 g/mol. The molecule has 0 aromatic heterocycles. The first-order valence-electron chi connectivity index (χ1n) is 5.22. The fourth-order valence-electron chi connectivity index (χ4n) is 2.06. The molecule has 76 valence electrons. The minimum absolute atomic E-state index is 0.0700. The molecule has 0 spiro atoms. The van der Waals surface area contributed by atoms with E-state index in [2.05, 4.69) is 19.2 Å². The van der Waals surface area contributed by atoms with Gasteiger partial charge in [0, 0.05) is 12.6 Å². The number of hydrogen-bond acceptors (Lipinski definition) is 2. The molecule has 1 atom stereocenters. The molecule has 1 heterocycles. The average molecular weight is 184 g/mol. The van der Waals surface area contributed by atoms with Gasteiger partial charge in [0.1, 0.15) is 0 Å². The zero-order chi connectivity index (χ0) is 9.84. The normalized spacial score (nSPS) is 23.2. The Morgan fingerprint density at radius 3 is 2.54 bits per heavy atom. The third-order valence-corrected chi connectivity index (χ3v) is 2.97. The van der Waals surface area contributed by atoms with Gasteiger partial charge < -0.3 is 10.2 Å². The van der Waals surface area contributed by atoms with E-state index >= 15 is 0 Å². The minimum Gasteiger partial charge on any atom is -0.338 e. The van der Waals surface area contributed by atoms with Crippen molar-refractivity contribution in [2.75, 3.05) is 13.6 Å². The smallest absolute Gasteiger partial charge is 0.240 e. The van der Waals surface area contributed by atoms with Gasteiger partial charge in [-0.05, 0) is 26.3 Å². The van der Waals surface area contributed by atoms with Gasteiger partial charge in [0.15, 0.2) is 0 Å². The molecule has 0 aromatic carbocycles. The molecule has 0 bridgehead atoms. The van der Waals surface area contributed by atoms with Crippen LogP contribution in [0, 0.1) is 0 Å². The average Bonchev–Trinajstić information content (AvgIpc) is 2.50. The van der Waals surface area contributed by atoms with E-state index in [0.717, 1.165) is 25.8 Å². The highest BCUT2D eigenvalue weighted by Gasteiger charge is 2.33. The number of likely N-dealkylation sites (N-methyl/N-ethyl adjacent to an activating group) is 1. The van der Waals surface area contributed by atoms with Crippen LogP contribution in [0.1, 0.15) is 33.1 Å². The van der Waals surface area contributed by atoms with Gasteiger partial charge in [-0.3, -0.25) is 4.79 Å². The Kier molecular flexibility index (Phi) is 3.72. The quantitative estimate of drug-likeness (QED) is 0.707. The number of hydrogen-bond donors (Lipinski definition) is 1. The summed E-state index contributed by atoms with van der Waals surface area (Å²) in [7, 11) is 1.86. The zero-order valence-corrected chi connectivity index (χ0v) is 8.84. The second-order valence-electron chi connectivity index (χ2n) is 3.63. The Balaban J connectivity index is 2.57.